The molecule has 1 aliphatic heterocycles. The third kappa shape index (κ3) is 3.05. The third-order valence-electron chi connectivity index (χ3n) is 3.13. The van der Waals surface area contributed by atoms with Crippen LogP contribution in [0, 0.1) is 4.64 Å². The van der Waals surface area contributed by atoms with Gasteiger partial charge in [-0.3, -0.25) is 0 Å². The number of aromatic amines is 1. The zero-order valence-corrected chi connectivity index (χ0v) is 12.1. The molecule has 5 heteroatoms. The Morgan fingerprint density at radius 3 is 2.95 bits per heavy atom. The summed E-state index contributed by atoms with van der Waals surface area (Å²) >= 11 is 7.15. The monoisotopic (exact) mass is 289 g/mol. The Bertz CT molecular complexity index is 622. The molecular weight excluding hydrogens is 274 g/mol. The fraction of sp³-hybridized carbons (Fsp3) is 0.286. The topological polar surface area (TPSA) is 40.7 Å². The fourth-order valence-corrected chi connectivity index (χ4v) is 3.25. The lowest BCUT2D eigenvalue weighted by molar-refractivity contribution is 0.620. The molecular formula is C14H15N3S2. The smallest absolute Gasteiger partial charge is 0.134 e. The summed E-state index contributed by atoms with van der Waals surface area (Å²) in [7, 11) is 0. The SMILES string of the molecule is S=c1nc(CSc2ccccc2)[nH]c2c1CNCC2. The van der Waals surface area contributed by atoms with Gasteiger partial charge in [0.05, 0.1) is 5.75 Å². The van der Waals surface area contributed by atoms with E-state index < -0.39 is 0 Å². The summed E-state index contributed by atoms with van der Waals surface area (Å²) in [6, 6.07) is 10.4. The Morgan fingerprint density at radius 1 is 1.26 bits per heavy atom. The first kappa shape index (κ1) is 12.8. The van der Waals surface area contributed by atoms with Crippen molar-refractivity contribution in [3.8, 4) is 0 Å². The molecule has 2 aromatic rings. The highest BCUT2D eigenvalue weighted by Gasteiger charge is 2.12. The van der Waals surface area contributed by atoms with Crippen LogP contribution in [0.1, 0.15) is 17.1 Å². The molecule has 3 nitrogen and oxygen atoms in total. The second kappa shape index (κ2) is 5.86. The second-order valence-electron chi connectivity index (χ2n) is 4.47. The van der Waals surface area contributed by atoms with Gasteiger partial charge >= 0.3 is 0 Å². The van der Waals surface area contributed by atoms with Gasteiger partial charge in [-0.15, -0.1) is 11.8 Å². The average Bonchev–Trinajstić information content (AvgIpc) is 2.46. The van der Waals surface area contributed by atoms with Gasteiger partial charge in [-0.2, -0.15) is 0 Å². The molecule has 0 saturated carbocycles. The Kier molecular flexibility index (Phi) is 3.96. The minimum absolute atomic E-state index is 0.740. The molecule has 1 aromatic heterocycles. The zero-order valence-electron chi connectivity index (χ0n) is 10.5. The quantitative estimate of drug-likeness (QED) is 0.673. The number of H-pyrrole nitrogens is 1. The van der Waals surface area contributed by atoms with Crippen molar-refractivity contribution in [1.82, 2.24) is 15.3 Å². The molecule has 0 bridgehead atoms. The first-order valence-corrected chi connectivity index (χ1v) is 7.72. The number of nitrogens with one attached hydrogen (secondary N) is 2. The molecule has 2 N–H and O–H groups in total. The van der Waals surface area contributed by atoms with Gasteiger partial charge in [-0.1, -0.05) is 30.4 Å². The van der Waals surface area contributed by atoms with E-state index in [2.05, 4.69) is 39.6 Å². The molecule has 2 heterocycles. The van der Waals surface area contributed by atoms with Crippen LogP contribution < -0.4 is 5.32 Å². The number of benzene rings is 1. The molecule has 3 rings (SSSR count). The Morgan fingerprint density at radius 2 is 2.11 bits per heavy atom. The van der Waals surface area contributed by atoms with E-state index in [4.69, 9.17) is 12.2 Å². The Hall–Kier alpha value is -1.17. The average molecular weight is 289 g/mol. The number of thioether (sulfide) groups is 1. The lowest BCUT2D eigenvalue weighted by Crippen LogP contribution is -2.25. The summed E-state index contributed by atoms with van der Waals surface area (Å²) < 4.78 is 0.740. The molecule has 0 aliphatic carbocycles. The third-order valence-corrected chi connectivity index (χ3v) is 4.49. The van der Waals surface area contributed by atoms with Crippen molar-refractivity contribution >= 4 is 24.0 Å². The molecule has 0 radical (unpaired) electrons. The molecule has 0 spiro atoms. The van der Waals surface area contributed by atoms with Crippen molar-refractivity contribution < 1.29 is 0 Å². The highest BCUT2D eigenvalue weighted by Crippen LogP contribution is 2.21. The van der Waals surface area contributed by atoms with Gasteiger partial charge in [-0.25, -0.2) is 4.98 Å². The van der Waals surface area contributed by atoms with Crippen LogP contribution in [0.5, 0.6) is 0 Å². The van der Waals surface area contributed by atoms with Crippen LogP contribution in [0.15, 0.2) is 35.2 Å². The van der Waals surface area contributed by atoms with Crippen LogP contribution in [0.4, 0.5) is 0 Å². The number of rotatable bonds is 3. The zero-order chi connectivity index (χ0) is 13.1. The van der Waals surface area contributed by atoms with Gasteiger partial charge in [0.1, 0.15) is 10.5 Å². The molecule has 0 amide bonds. The van der Waals surface area contributed by atoms with Crippen LogP contribution in [0.3, 0.4) is 0 Å². The molecule has 1 aromatic carbocycles. The molecule has 0 fully saturated rings. The van der Waals surface area contributed by atoms with Crippen LogP contribution in [-0.2, 0) is 18.7 Å². The van der Waals surface area contributed by atoms with Gasteiger partial charge in [0, 0.05) is 35.7 Å². The Balaban J connectivity index is 1.78. The van der Waals surface area contributed by atoms with Crippen LogP contribution in [-0.4, -0.2) is 16.5 Å². The van der Waals surface area contributed by atoms with E-state index in [0.717, 1.165) is 41.3 Å². The van der Waals surface area contributed by atoms with E-state index in [1.807, 2.05) is 6.07 Å². The van der Waals surface area contributed by atoms with Crippen LogP contribution in [0.25, 0.3) is 0 Å². The summed E-state index contributed by atoms with van der Waals surface area (Å²) in [4.78, 5) is 9.19. The molecule has 0 saturated heterocycles. The fourth-order valence-electron chi connectivity index (χ4n) is 2.16. The normalized spacial score (nSPS) is 14.1. The van der Waals surface area contributed by atoms with E-state index in [9.17, 15) is 0 Å². The van der Waals surface area contributed by atoms with E-state index >= 15 is 0 Å². The summed E-state index contributed by atoms with van der Waals surface area (Å²) in [5.74, 6) is 1.80. The summed E-state index contributed by atoms with van der Waals surface area (Å²) in [6.07, 6.45) is 1.00. The summed E-state index contributed by atoms with van der Waals surface area (Å²) in [5.41, 5.74) is 2.41. The van der Waals surface area contributed by atoms with E-state index in [1.54, 1.807) is 11.8 Å². The van der Waals surface area contributed by atoms with E-state index in [1.165, 1.54) is 10.6 Å². The van der Waals surface area contributed by atoms with Crippen molar-refractivity contribution in [2.75, 3.05) is 6.54 Å². The van der Waals surface area contributed by atoms with Gasteiger partial charge in [0.15, 0.2) is 0 Å². The van der Waals surface area contributed by atoms with Crippen molar-refractivity contribution in [2.45, 2.75) is 23.6 Å². The number of fused-ring (bicyclic) bond motifs is 1. The highest BCUT2D eigenvalue weighted by atomic mass is 32.2. The standard InChI is InChI=1S/C14H15N3S2/c18-14-11-8-15-7-6-12(11)16-13(17-14)9-19-10-4-2-1-3-5-10/h1-5,15H,6-9H2,(H,16,17,18). The first-order valence-electron chi connectivity index (χ1n) is 6.32. The lowest BCUT2D eigenvalue weighted by atomic mass is 10.1. The molecule has 98 valence electrons. The van der Waals surface area contributed by atoms with Gasteiger partial charge < -0.3 is 10.3 Å². The lowest BCUT2D eigenvalue weighted by Gasteiger charge is -2.17. The predicted molar refractivity (Wildman–Crippen MR) is 80.8 cm³/mol. The van der Waals surface area contributed by atoms with Gasteiger partial charge in [-0.05, 0) is 12.1 Å². The molecule has 0 unspecified atom stereocenters. The van der Waals surface area contributed by atoms with Crippen LogP contribution in [0.2, 0.25) is 0 Å². The maximum Gasteiger partial charge on any atom is 0.134 e. The van der Waals surface area contributed by atoms with Crippen molar-refractivity contribution in [1.29, 1.82) is 0 Å². The van der Waals surface area contributed by atoms with Crippen LogP contribution >= 0.6 is 24.0 Å². The minimum Gasteiger partial charge on any atom is -0.346 e. The maximum absolute atomic E-state index is 5.38. The largest absolute Gasteiger partial charge is 0.346 e. The summed E-state index contributed by atoms with van der Waals surface area (Å²) in [6.45, 7) is 1.84. The first-order chi connectivity index (χ1) is 9.33. The predicted octanol–water partition coefficient (Wildman–Crippen LogP) is 3.08. The summed E-state index contributed by atoms with van der Waals surface area (Å²) in [5, 5.41) is 3.33. The highest BCUT2D eigenvalue weighted by molar-refractivity contribution is 7.98. The van der Waals surface area contributed by atoms with Crippen molar-refractivity contribution in [3.63, 3.8) is 0 Å². The van der Waals surface area contributed by atoms with Crippen molar-refractivity contribution in [3.05, 3.63) is 52.1 Å². The molecule has 1 aliphatic rings. The number of hydrogen-bond acceptors (Lipinski definition) is 4. The number of aromatic nitrogens is 2. The van der Waals surface area contributed by atoms with Gasteiger partial charge in [0.2, 0.25) is 0 Å². The maximum atomic E-state index is 5.38. The second-order valence-corrected chi connectivity index (χ2v) is 5.91. The van der Waals surface area contributed by atoms with Crippen molar-refractivity contribution in [2.24, 2.45) is 0 Å². The molecule has 0 atom stereocenters. The van der Waals surface area contributed by atoms with E-state index in [-0.39, 0.29) is 0 Å². The van der Waals surface area contributed by atoms with Gasteiger partial charge in [0.25, 0.3) is 0 Å². The molecule has 19 heavy (non-hydrogen) atoms. The van der Waals surface area contributed by atoms with E-state index in [0.29, 0.717) is 0 Å². The Labute approximate surface area is 121 Å². The number of hydrogen-bond donors (Lipinski definition) is 2. The number of nitrogens with zero attached hydrogens (tertiary/aromatic N) is 1. The minimum atomic E-state index is 0.740.